The normalized spacial score (nSPS) is 16.1. The second-order valence-corrected chi connectivity index (χ2v) is 5.68. The third-order valence-corrected chi connectivity index (χ3v) is 4.07. The minimum absolute atomic E-state index is 0.159. The Morgan fingerprint density at radius 1 is 1.15 bits per heavy atom. The van der Waals surface area contributed by atoms with Gasteiger partial charge >= 0.3 is 0 Å². The van der Waals surface area contributed by atoms with Crippen LogP contribution in [0.25, 0.3) is 0 Å². The predicted molar refractivity (Wildman–Crippen MR) is 79.9 cm³/mol. The molecule has 2 aromatic rings. The second kappa shape index (κ2) is 5.76. The Hall–Kier alpha value is -1.67. The van der Waals surface area contributed by atoms with Crippen molar-refractivity contribution >= 4 is 0 Å². The smallest absolute Gasteiger partial charge is 0.123 e. The molecule has 0 spiro atoms. The average molecular weight is 269 g/mol. The Kier molecular flexibility index (Phi) is 3.83. The highest BCUT2D eigenvalue weighted by Crippen LogP contribution is 2.41. The average Bonchev–Trinajstić information content (AvgIpc) is 3.27. The van der Waals surface area contributed by atoms with Crippen molar-refractivity contribution in [3.05, 3.63) is 71.0 Å². The molecule has 1 N–H and O–H groups in total. The number of hydrogen-bond acceptors (Lipinski definition) is 1. The summed E-state index contributed by atoms with van der Waals surface area (Å²) in [5.41, 5.74) is 3.54. The van der Waals surface area contributed by atoms with Gasteiger partial charge in [0.05, 0.1) is 0 Å². The van der Waals surface area contributed by atoms with E-state index >= 15 is 0 Å². The van der Waals surface area contributed by atoms with Crippen LogP contribution in [0.1, 0.15) is 35.6 Å². The molecule has 1 fully saturated rings. The highest BCUT2D eigenvalue weighted by Gasteiger charge is 2.31. The van der Waals surface area contributed by atoms with Crippen molar-refractivity contribution in [3.8, 4) is 0 Å². The number of hydrogen-bond donors (Lipinski definition) is 1. The Labute approximate surface area is 119 Å². The molecular weight excluding hydrogens is 249 g/mol. The number of aryl methyl sites for hydroxylation is 1. The minimum atomic E-state index is -0.159. The standard InChI is InChI=1S/C18H20FN/c1-13-11-17(19)10-9-16(13)12-20-18(15-7-8-15)14-5-3-2-4-6-14/h2-6,9-11,15,18,20H,7-8,12H2,1H3. The SMILES string of the molecule is Cc1cc(F)ccc1CNC(c1ccccc1)C1CC1. The molecule has 2 heteroatoms. The molecular formula is C18H20FN. The predicted octanol–water partition coefficient (Wildman–Crippen LogP) is 4.38. The third-order valence-electron chi connectivity index (χ3n) is 4.07. The highest BCUT2D eigenvalue weighted by molar-refractivity contribution is 5.27. The van der Waals surface area contributed by atoms with Gasteiger partial charge in [-0.1, -0.05) is 36.4 Å². The van der Waals surface area contributed by atoms with Gasteiger partial charge in [0.2, 0.25) is 0 Å². The molecule has 1 nitrogen and oxygen atoms in total. The van der Waals surface area contributed by atoms with Crippen molar-refractivity contribution in [2.45, 2.75) is 32.4 Å². The molecule has 3 rings (SSSR count). The molecule has 1 saturated carbocycles. The maximum absolute atomic E-state index is 13.1. The van der Waals surface area contributed by atoms with Gasteiger partial charge in [0, 0.05) is 12.6 Å². The summed E-state index contributed by atoms with van der Waals surface area (Å²) in [7, 11) is 0. The van der Waals surface area contributed by atoms with Gasteiger partial charge in [0.1, 0.15) is 5.82 Å². The molecule has 104 valence electrons. The lowest BCUT2D eigenvalue weighted by molar-refractivity contribution is 0.479. The van der Waals surface area contributed by atoms with E-state index in [4.69, 9.17) is 0 Å². The van der Waals surface area contributed by atoms with Gasteiger partial charge in [0.15, 0.2) is 0 Å². The molecule has 1 aliphatic carbocycles. The van der Waals surface area contributed by atoms with Crippen LogP contribution in [-0.2, 0) is 6.54 Å². The molecule has 2 aromatic carbocycles. The van der Waals surface area contributed by atoms with Crippen molar-refractivity contribution in [1.82, 2.24) is 5.32 Å². The van der Waals surface area contributed by atoms with Gasteiger partial charge < -0.3 is 5.32 Å². The summed E-state index contributed by atoms with van der Waals surface area (Å²) in [6.07, 6.45) is 2.60. The molecule has 1 unspecified atom stereocenters. The number of nitrogens with one attached hydrogen (secondary N) is 1. The molecule has 0 radical (unpaired) electrons. The minimum Gasteiger partial charge on any atom is -0.306 e. The van der Waals surface area contributed by atoms with Crippen LogP contribution in [0.3, 0.4) is 0 Å². The molecule has 0 bridgehead atoms. The highest BCUT2D eigenvalue weighted by atomic mass is 19.1. The Bertz CT molecular complexity index is 575. The number of halogens is 1. The van der Waals surface area contributed by atoms with E-state index in [-0.39, 0.29) is 5.82 Å². The largest absolute Gasteiger partial charge is 0.306 e. The summed E-state index contributed by atoms with van der Waals surface area (Å²) in [6.45, 7) is 2.76. The van der Waals surface area contributed by atoms with Crippen molar-refractivity contribution < 1.29 is 4.39 Å². The zero-order valence-electron chi connectivity index (χ0n) is 11.8. The molecule has 0 aliphatic heterocycles. The van der Waals surface area contributed by atoms with Crippen LogP contribution in [0, 0.1) is 18.7 Å². The van der Waals surface area contributed by atoms with E-state index in [1.165, 1.54) is 24.0 Å². The summed E-state index contributed by atoms with van der Waals surface area (Å²) < 4.78 is 13.1. The van der Waals surface area contributed by atoms with Gasteiger partial charge in [0.25, 0.3) is 0 Å². The van der Waals surface area contributed by atoms with Crippen LogP contribution < -0.4 is 5.32 Å². The summed E-state index contributed by atoms with van der Waals surface area (Å²) in [4.78, 5) is 0. The lowest BCUT2D eigenvalue weighted by Gasteiger charge is -2.19. The first-order chi connectivity index (χ1) is 9.74. The Balaban J connectivity index is 1.72. The van der Waals surface area contributed by atoms with Gasteiger partial charge in [-0.3, -0.25) is 0 Å². The third kappa shape index (κ3) is 3.07. The summed E-state index contributed by atoms with van der Waals surface area (Å²) in [6, 6.07) is 16.1. The molecule has 1 aliphatic rings. The lowest BCUT2D eigenvalue weighted by atomic mass is 10.0. The van der Waals surface area contributed by atoms with Crippen LogP contribution in [0.15, 0.2) is 48.5 Å². The van der Waals surface area contributed by atoms with E-state index in [9.17, 15) is 4.39 Å². The van der Waals surface area contributed by atoms with Crippen LogP contribution in [-0.4, -0.2) is 0 Å². The quantitative estimate of drug-likeness (QED) is 0.849. The van der Waals surface area contributed by atoms with Gasteiger partial charge in [-0.2, -0.15) is 0 Å². The van der Waals surface area contributed by atoms with Crippen LogP contribution >= 0.6 is 0 Å². The molecule has 0 aromatic heterocycles. The first kappa shape index (κ1) is 13.3. The first-order valence-electron chi connectivity index (χ1n) is 7.27. The maximum atomic E-state index is 13.1. The molecule has 0 amide bonds. The van der Waals surface area contributed by atoms with Crippen molar-refractivity contribution in [3.63, 3.8) is 0 Å². The zero-order valence-corrected chi connectivity index (χ0v) is 11.8. The fourth-order valence-corrected chi connectivity index (χ4v) is 2.72. The monoisotopic (exact) mass is 269 g/mol. The van der Waals surface area contributed by atoms with E-state index in [1.54, 1.807) is 12.1 Å². The van der Waals surface area contributed by atoms with Gasteiger partial charge in [-0.25, -0.2) is 4.39 Å². The molecule has 0 saturated heterocycles. The van der Waals surface area contributed by atoms with Crippen molar-refractivity contribution in [2.24, 2.45) is 5.92 Å². The van der Waals surface area contributed by atoms with E-state index in [1.807, 2.05) is 13.0 Å². The fourth-order valence-electron chi connectivity index (χ4n) is 2.72. The van der Waals surface area contributed by atoms with Crippen LogP contribution in [0.5, 0.6) is 0 Å². The summed E-state index contributed by atoms with van der Waals surface area (Å²) in [5, 5.41) is 3.65. The van der Waals surface area contributed by atoms with Crippen molar-refractivity contribution in [1.29, 1.82) is 0 Å². The second-order valence-electron chi connectivity index (χ2n) is 5.68. The Morgan fingerprint density at radius 2 is 1.90 bits per heavy atom. The van der Waals surface area contributed by atoms with E-state index < -0.39 is 0 Å². The van der Waals surface area contributed by atoms with Gasteiger partial charge in [-0.05, 0) is 54.5 Å². The van der Waals surface area contributed by atoms with Gasteiger partial charge in [-0.15, -0.1) is 0 Å². The van der Waals surface area contributed by atoms with Crippen molar-refractivity contribution in [2.75, 3.05) is 0 Å². The van der Waals surface area contributed by atoms with E-state index in [2.05, 4.69) is 35.6 Å². The lowest BCUT2D eigenvalue weighted by Crippen LogP contribution is -2.23. The van der Waals surface area contributed by atoms with E-state index in [0.29, 0.717) is 6.04 Å². The summed E-state index contributed by atoms with van der Waals surface area (Å²) in [5.74, 6) is 0.589. The Morgan fingerprint density at radius 3 is 2.55 bits per heavy atom. The summed E-state index contributed by atoms with van der Waals surface area (Å²) >= 11 is 0. The fraction of sp³-hybridized carbons (Fsp3) is 0.333. The molecule has 20 heavy (non-hydrogen) atoms. The zero-order chi connectivity index (χ0) is 13.9. The topological polar surface area (TPSA) is 12.0 Å². The van der Waals surface area contributed by atoms with Crippen LogP contribution in [0.2, 0.25) is 0 Å². The van der Waals surface area contributed by atoms with Crippen LogP contribution in [0.4, 0.5) is 4.39 Å². The van der Waals surface area contributed by atoms with E-state index in [0.717, 1.165) is 18.0 Å². The maximum Gasteiger partial charge on any atom is 0.123 e. The number of rotatable bonds is 5. The molecule has 1 atom stereocenters. The molecule has 0 heterocycles. The number of benzene rings is 2. The first-order valence-corrected chi connectivity index (χ1v) is 7.27.